The van der Waals surface area contributed by atoms with Gasteiger partial charge in [-0.1, -0.05) is 181 Å². The van der Waals surface area contributed by atoms with Gasteiger partial charge in [-0.25, -0.2) is 0 Å². The van der Waals surface area contributed by atoms with E-state index in [4.69, 9.17) is 0 Å². The summed E-state index contributed by atoms with van der Waals surface area (Å²) >= 11 is 0. The highest BCUT2D eigenvalue weighted by Crippen LogP contribution is 2.48. The minimum Gasteiger partial charge on any atom is -0.310 e. The fraction of sp³-hybridized carbons (Fsp3) is 0.226. The molecule has 2 heteroatoms. The Morgan fingerprint density at radius 3 is 2.02 bits per heavy atom. The van der Waals surface area contributed by atoms with Gasteiger partial charge < -0.3 is 4.57 Å². The Morgan fingerprint density at radius 1 is 0.625 bits per heavy atom. The number of benzene rings is 8. The summed E-state index contributed by atoms with van der Waals surface area (Å²) in [5.41, 5.74) is 14.5. The molecule has 0 fully saturated rings. The first kappa shape index (κ1) is 41.8. The second kappa shape index (κ2) is 17.1. The molecule has 1 aliphatic carbocycles. The molecule has 10 rings (SSSR count). The fourth-order valence-electron chi connectivity index (χ4n) is 11.1. The van der Waals surface area contributed by atoms with E-state index in [0.717, 1.165) is 38.5 Å². The van der Waals surface area contributed by atoms with Gasteiger partial charge in [0, 0.05) is 16.8 Å². The van der Waals surface area contributed by atoms with Crippen molar-refractivity contribution in [3.05, 3.63) is 204 Å². The molecule has 8 aromatic carbocycles. The zero-order valence-corrected chi connectivity index (χ0v) is 39.2. The smallest absolute Gasteiger partial charge is 0.310 e. The van der Waals surface area contributed by atoms with Gasteiger partial charge in [-0.15, -0.1) is 0 Å². The van der Waals surface area contributed by atoms with Gasteiger partial charge in [-0.2, -0.15) is 0 Å². The van der Waals surface area contributed by atoms with Crippen molar-refractivity contribution in [2.75, 3.05) is 0 Å². The van der Waals surface area contributed by atoms with Crippen LogP contribution in [0.15, 0.2) is 176 Å². The Bertz CT molecular complexity index is 3220. The molecule has 0 aliphatic heterocycles. The van der Waals surface area contributed by atoms with Crippen LogP contribution < -0.4 is 0 Å². The molecule has 9 aromatic rings. The van der Waals surface area contributed by atoms with Crippen LogP contribution in [0.4, 0.5) is 0 Å². The first-order valence-electron chi connectivity index (χ1n) is 23.8. The molecule has 1 heterocycles. The maximum Gasteiger partial charge on any atom is 0.509 e. The maximum atomic E-state index is 4.68. The number of nitrogens with zero attached hydrogens (tertiary/aromatic N) is 1. The van der Waals surface area contributed by atoms with Crippen LogP contribution in [-0.2, 0) is 16.5 Å². The highest BCUT2D eigenvalue weighted by Gasteiger charge is 2.55. The average Bonchev–Trinajstić information content (AvgIpc) is 3.70. The van der Waals surface area contributed by atoms with E-state index in [2.05, 4.69) is 222 Å². The maximum absolute atomic E-state index is 4.68. The second-order valence-corrected chi connectivity index (χ2v) is 20.3. The monoisotopic (exact) mass is 845 g/mol. The summed E-state index contributed by atoms with van der Waals surface area (Å²) in [6.45, 7) is 16.5. The third-order valence-electron chi connectivity index (χ3n) is 15.1. The van der Waals surface area contributed by atoms with Crippen LogP contribution in [-0.4, -0.2) is 14.1 Å². The molecule has 0 amide bonds. The number of fused-ring (bicyclic) bond motifs is 6. The van der Waals surface area contributed by atoms with E-state index in [1.54, 1.807) is 0 Å². The molecule has 0 bridgehead atoms. The van der Waals surface area contributed by atoms with Gasteiger partial charge in [0.1, 0.15) is 5.04 Å². The Balaban J connectivity index is 1.23. The molecule has 2 atom stereocenters. The van der Waals surface area contributed by atoms with Crippen LogP contribution in [0.1, 0.15) is 101 Å². The van der Waals surface area contributed by atoms with Crippen molar-refractivity contribution in [2.45, 2.75) is 89.1 Å². The summed E-state index contributed by atoms with van der Waals surface area (Å²) < 4.78 is 2.49. The third-order valence-corrected chi connectivity index (χ3v) is 17.8. The van der Waals surface area contributed by atoms with Gasteiger partial charge >= 0.3 is 9.52 Å². The van der Waals surface area contributed by atoms with Crippen molar-refractivity contribution in [3.63, 3.8) is 0 Å². The summed E-state index contributed by atoms with van der Waals surface area (Å²) in [4.78, 5) is 0. The Morgan fingerprint density at radius 2 is 1.28 bits per heavy atom. The summed E-state index contributed by atoms with van der Waals surface area (Å²) in [6.07, 6.45) is 13.4. The lowest BCUT2D eigenvalue weighted by Gasteiger charge is -2.30. The number of hydrogen-bond acceptors (Lipinski definition) is 0. The Labute approximate surface area is 383 Å². The van der Waals surface area contributed by atoms with Gasteiger partial charge in [0.25, 0.3) is 0 Å². The van der Waals surface area contributed by atoms with Crippen molar-refractivity contribution in [1.29, 1.82) is 0 Å². The molecule has 0 N–H and O–H groups in total. The van der Waals surface area contributed by atoms with E-state index in [9.17, 15) is 0 Å². The zero-order valence-electron chi connectivity index (χ0n) is 38.2. The summed E-state index contributed by atoms with van der Waals surface area (Å²) in [5, 5.41) is 8.80. The minimum absolute atomic E-state index is 0.0254. The molecule has 64 heavy (non-hydrogen) atoms. The van der Waals surface area contributed by atoms with Crippen LogP contribution in [0.25, 0.3) is 77.2 Å². The number of rotatable bonds is 13. The molecular weight excluding hydrogens is 787 g/mol. The first-order valence-corrected chi connectivity index (χ1v) is 24.8. The molecule has 1 aromatic heterocycles. The van der Waals surface area contributed by atoms with Crippen LogP contribution >= 0.6 is 0 Å². The fourth-order valence-corrected chi connectivity index (χ4v) is 13.2. The number of aryl methyl sites for hydroxylation is 1. The number of para-hydroxylation sites is 1. The highest BCUT2D eigenvalue weighted by atomic mass is 28.2. The lowest BCUT2D eigenvalue weighted by Crippen LogP contribution is -2.45. The predicted molar refractivity (Wildman–Crippen MR) is 279 cm³/mol. The minimum atomic E-state index is -0.223. The van der Waals surface area contributed by atoms with Crippen LogP contribution in [0, 0.1) is 0 Å². The molecule has 2 unspecified atom stereocenters. The molecule has 0 spiro atoms. The lowest BCUT2D eigenvalue weighted by atomic mass is 9.82. The lowest BCUT2D eigenvalue weighted by molar-refractivity contribution is 0.529. The van der Waals surface area contributed by atoms with Crippen LogP contribution in [0.2, 0.25) is 0 Å². The van der Waals surface area contributed by atoms with Crippen molar-refractivity contribution >= 4 is 58.8 Å². The van der Waals surface area contributed by atoms with Gasteiger partial charge in [0.15, 0.2) is 5.04 Å². The number of hydrogen-bond donors (Lipinski definition) is 0. The van der Waals surface area contributed by atoms with Gasteiger partial charge in [0.05, 0.1) is 5.52 Å². The van der Waals surface area contributed by atoms with Crippen LogP contribution in [0.5, 0.6) is 0 Å². The van der Waals surface area contributed by atoms with E-state index in [1.165, 1.54) is 99.1 Å². The molecule has 0 saturated carbocycles. The average molecular weight is 846 g/mol. The summed E-state index contributed by atoms with van der Waals surface area (Å²) in [7, 11) is 0.625. The first-order chi connectivity index (χ1) is 31.4. The van der Waals surface area contributed by atoms with E-state index in [-0.39, 0.29) is 10.1 Å². The largest absolute Gasteiger partial charge is 0.509 e. The topological polar surface area (TPSA) is 4.93 Å². The van der Waals surface area contributed by atoms with Gasteiger partial charge in [-0.3, -0.25) is 0 Å². The molecular formula is C62H59NSi+. The molecule has 1 nitrogen and oxygen atoms in total. The summed E-state index contributed by atoms with van der Waals surface area (Å²) in [6, 6.07) is 60.3. The van der Waals surface area contributed by atoms with Crippen LogP contribution in [0.3, 0.4) is 0 Å². The van der Waals surface area contributed by atoms with E-state index in [1.807, 2.05) is 0 Å². The standard InChI is InChI=1S/C62H59NSi/c1-7-42(6)43-34-36-46(37-35-43)61(8-2,9-3)64-62(10-4,11-5)47-38-39-55-56(41-47)60(52-31-21-23-44-22-12-13-26-49(44)52)54-30-15-14-29-53(54)59(55)45-24-20-25-48(40-45)63-57-32-18-16-27-50(57)51-28-17-19-33-58(51)63/h10,12-16,18-27,29-42H,4,7-9,11,17,28H2,1-3,5-6H3/q+1. The molecule has 1 radical (unpaired) electrons. The zero-order chi connectivity index (χ0) is 44.0. The third kappa shape index (κ3) is 6.81. The SMILES string of the molecule is C=CC(CC)([Si+]C(CC)(CC)c1ccc(C(C)CC)cc1)c1ccc2c(-c3cccc(-n4c5c(c6ccccc64)CCC=C5)c3)c3ccccc3c(-c3cccc4ccccc34)c2c1. The molecule has 315 valence electrons. The molecule has 1 aliphatic rings. The quantitative estimate of drug-likeness (QED) is 0.0619. The van der Waals surface area contributed by atoms with Gasteiger partial charge in [-0.05, 0) is 158 Å². The number of allylic oxidation sites excluding steroid dienone is 2. The second-order valence-electron chi connectivity index (χ2n) is 18.2. The Kier molecular flexibility index (Phi) is 11.1. The Hall–Kier alpha value is -6.22. The van der Waals surface area contributed by atoms with E-state index < -0.39 is 0 Å². The normalized spacial score (nSPS) is 14.2. The predicted octanol–water partition coefficient (Wildman–Crippen LogP) is 17.1. The van der Waals surface area contributed by atoms with Gasteiger partial charge in [0.2, 0.25) is 0 Å². The summed E-state index contributed by atoms with van der Waals surface area (Å²) in [5.74, 6) is 0.560. The van der Waals surface area contributed by atoms with Crippen molar-refractivity contribution < 1.29 is 0 Å². The van der Waals surface area contributed by atoms with Crippen molar-refractivity contribution in [3.8, 4) is 27.9 Å². The van der Waals surface area contributed by atoms with E-state index in [0.29, 0.717) is 15.4 Å². The van der Waals surface area contributed by atoms with E-state index >= 15 is 0 Å². The molecule has 0 saturated heterocycles. The van der Waals surface area contributed by atoms with Crippen molar-refractivity contribution in [2.24, 2.45) is 0 Å². The number of aromatic nitrogens is 1. The highest BCUT2D eigenvalue weighted by molar-refractivity contribution is 6.45. The van der Waals surface area contributed by atoms with Crippen molar-refractivity contribution in [1.82, 2.24) is 4.57 Å².